The van der Waals surface area contributed by atoms with Crippen molar-refractivity contribution in [3.63, 3.8) is 0 Å². The molecule has 0 aromatic carbocycles. The molecule has 1 saturated heterocycles. The van der Waals surface area contributed by atoms with Crippen molar-refractivity contribution in [3.8, 4) is 0 Å². The molecular weight excluding hydrogens is 136 g/mol. The highest BCUT2D eigenvalue weighted by Crippen LogP contribution is 2.27. The number of hydrogen-bond donors (Lipinski definition) is 0. The van der Waals surface area contributed by atoms with E-state index < -0.39 is 0 Å². The lowest BCUT2D eigenvalue weighted by Crippen LogP contribution is -2.14. The van der Waals surface area contributed by atoms with E-state index in [0.717, 1.165) is 6.42 Å². The molecule has 1 heteroatoms. The van der Waals surface area contributed by atoms with E-state index in [0.29, 0.717) is 18.1 Å². The Labute approximate surface area is 69.4 Å². The Morgan fingerprint density at radius 2 is 2.09 bits per heavy atom. The summed E-state index contributed by atoms with van der Waals surface area (Å²) in [6, 6.07) is 0. The third-order valence-electron chi connectivity index (χ3n) is 2.39. The smallest absolute Gasteiger partial charge is 0.0789 e. The van der Waals surface area contributed by atoms with E-state index >= 15 is 0 Å². The molecule has 0 bridgehead atoms. The zero-order valence-electron chi connectivity index (χ0n) is 7.76. The van der Waals surface area contributed by atoms with Crippen LogP contribution >= 0.6 is 0 Å². The quantitative estimate of drug-likeness (QED) is 0.556. The van der Waals surface area contributed by atoms with Gasteiger partial charge in [-0.2, -0.15) is 0 Å². The fourth-order valence-corrected chi connectivity index (χ4v) is 1.45. The molecule has 0 aromatic heterocycles. The SMILES string of the molecule is C=C(C(C)C)[C@H]1CC[C@@H](C)O1. The van der Waals surface area contributed by atoms with E-state index in [2.05, 4.69) is 27.4 Å². The maximum Gasteiger partial charge on any atom is 0.0789 e. The average Bonchev–Trinajstić information content (AvgIpc) is 2.34. The van der Waals surface area contributed by atoms with Gasteiger partial charge in [-0.3, -0.25) is 0 Å². The second-order valence-electron chi connectivity index (χ2n) is 3.74. The van der Waals surface area contributed by atoms with E-state index in [9.17, 15) is 0 Å². The molecule has 0 aliphatic carbocycles. The Balaban J connectivity index is 2.43. The average molecular weight is 154 g/mol. The monoisotopic (exact) mass is 154 g/mol. The highest BCUT2D eigenvalue weighted by atomic mass is 16.5. The molecule has 1 aliphatic heterocycles. The van der Waals surface area contributed by atoms with Crippen LogP contribution in [0.1, 0.15) is 33.6 Å². The van der Waals surface area contributed by atoms with Gasteiger partial charge in [-0.15, -0.1) is 0 Å². The van der Waals surface area contributed by atoms with Gasteiger partial charge in [-0.1, -0.05) is 20.4 Å². The van der Waals surface area contributed by atoms with Crippen LogP contribution in [0.15, 0.2) is 12.2 Å². The summed E-state index contributed by atoms with van der Waals surface area (Å²) >= 11 is 0. The van der Waals surface area contributed by atoms with Gasteiger partial charge in [0.15, 0.2) is 0 Å². The first kappa shape index (κ1) is 8.79. The Bertz CT molecular complexity index is 149. The molecule has 0 amide bonds. The van der Waals surface area contributed by atoms with Crippen molar-refractivity contribution in [2.45, 2.75) is 45.8 Å². The van der Waals surface area contributed by atoms with Crippen molar-refractivity contribution >= 4 is 0 Å². The molecule has 0 saturated carbocycles. The van der Waals surface area contributed by atoms with Gasteiger partial charge in [0.25, 0.3) is 0 Å². The minimum absolute atomic E-state index is 0.338. The van der Waals surface area contributed by atoms with Gasteiger partial charge in [0, 0.05) is 0 Å². The van der Waals surface area contributed by atoms with Crippen LogP contribution in [0.4, 0.5) is 0 Å². The molecule has 1 aliphatic rings. The second-order valence-corrected chi connectivity index (χ2v) is 3.74. The third-order valence-corrected chi connectivity index (χ3v) is 2.39. The summed E-state index contributed by atoms with van der Waals surface area (Å²) < 4.78 is 5.68. The first-order chi connectivity index (χ1) is 5.11. The molecule has 0 spiro atoms. The van der Waals surface area contributed by atoms with Gasteiger partial charge < -0.3 is 4.74 Å². The van der Waals surface area contributed by atoms with Crippen molar-refractivity contribution in [1.29, 1.82) is 0 Å². The van der Waals surface area contributed by atoms with Crippen molar-refractivity contribution in [2.24, 2.45) is 5.92 Å². The molecule has 1 heterocycles. The molecule has 2 atom stereocenters. The first-order valence-electron chi connectivity index (χ1n) is 4.45. The largest absolute Gasteiger partial charge is 0.371 e. The summed E-state index contributed by atoms with van der Waals surface area (Å²) in [5.41, 5.74) is 1.26. The summed E-state index contributed by atoms with van der Waals surface area (Å²) in [5.74, 6) is 0.560. The minimum Gasteiger partial charge on any atom is -0.371 e. The molecule has 1 rings (SSSR count). The summed E-state index contributed by atoms with van der Waals surface area (Å²) in [4.78, 5) is 0. The molecule has 1 fully saturated rings. The highest BCUT2D eigenvalue weighted by molar-refractivity contribution is 5.07. The number of rotatable bonds is 2. The van der Waals surface area contributed by atoms with E-state index in [1.165, 1.54) is 12.0 Å². The topological polar surface area (TPSA) is 9.23 Å². The predicted molar refractivity (Wildman–Crippen MR) is 47.5 cm³/mol. The molecule has 0 aromatic rings. The van der Waals surface area contributed by atoms with Gasteiger partial charge in [0.05, 0.1) is 12.2 Å². The van der Waals surface area contributed by atoms with Crippen LogP contribution in [0.3, 0.4) is 0 Å². The summed E-state index contributed by atoms with van der Waals surface area (Å²) in [5, 5.41) is 0. The van der Waals surface area contributed by atoms with Crippen molar-refractivity contribution < 1.29 is 4.74 Å². The van der Waals surface area contributed by atoms with Gasteiger partial charge >= 0.3 is 0 Å². The lowest BCUT2D eigenvalue weighted by atomic mass is 9.98. The van der Waals surface area contributed by atoms with Crippen molar-refractivity contribution in [3.05, 3.63) is 12.2 Å². The van der Waals surface area contributed by atoms with E-state index in [4.69, 9.17) is 4.74 Å². The van der Waals surface area contributed by atoms with Crippen LogP contribution in [0.2, 0.25) is 0 Å². The fraction of sp³-hybridized carbons (Fsp3) is 0.800. The van der Waals surface area contributed by atoms with Crippen LogP contribution < -0.4 is 0 Å². The van der Waals surface area contributed by atoms with Crippen LogP contribution in [0.5, 0.6) is 0 Å². The number of hydrogen-bond acceptors (Lipinski definition) is 1. The van der Waals surface area contributed by atoms with Crippen LogP contribution in [0, 0.1) is 5.92 Å². The maximum absolute atomic E-state index is 5.68. The molecule has 64 valence electrons. The summed E-state index contributed by atoms with van der Waals surface area (Å²) in [6.07, 6.45) is 3.13. The molecule has 0 N–H and O–H groups in total. The summed E-state index contributed by atoms with van der Waals surface area (Å²) in [7, 11) is 0. The van der Waals surface area contributed by atoms with Crippen molar-refractivity contribution in [1.82, 2.24) is 0 Å². The lowest BCUT2D eigenvalue weighted by molar-refractivity contribution is 0.0724. The Morgan fingerprint density at radius 3 is 2.45 bits per heavy atom. The predicted octanol–water partition coefficient (Wildman–Crippen LogP) is 2.77. The maximum atomic E-state index is 5.68. The zero-order valence-corrected chi connectivity index (χ0v) is 7.76. The van der Waals surface area contributed by atoms with Crippen LogP contribution in [-0.4, -0.2) is 12.2 Å². The minimum atomic E-state index is 0.338. The highest BCUT2D eigenvalue weighted by Gasteiger charge is 2.24. The Kier molecular flexibility index (Phi) is 2.72. The van der Waals surface area contributed by atoms with Gasteiger partial charge in [-0.25, -0.2) is 0 Å². The lowest BCUT2D eigenvalue weighted by Gasteiger charge is -2.16. The fourth-order valence-electron chi connectivity index (χ4n) is 1.45. The van der Waals surface area contributed by atoms with Gasteiger partial charge in [-0.05, 0) is 31.3 Å². The molecular formula is C10H18O. The standard InChI is InChI=1S/C10H18O/c1-7(2)9(4)10-6-5-8(3)11-10/h7-8,10H,4-6H2,1-3H3/t8-,10-/m1/s1. The van der Waals surface area contributed by atoms with Crippen LogP contribution in [-0.2, 0) is 4.74 Å². The van der Waals surface area contributed by atoms with E-state index in [-0.39, 0.29) is 0 Å². The molecule has 11 heavy (non-hydrogen) atoms. The van der Waals surface area contributed by atoms with E-state index in [1.807, 2.05) is 0 Å². The number of ether oxygens (including phenoxy) is 1. The first-order valence-corrected chi connectivity index (χ1v) is 4.45. The summed E-state index contributed by atoms with van der Waals surface area (Å²) in [6.45, 7) is 10.5. The molecule has 0 radical (unpaired) electrons. The zero-order chi connectivity index (χ0) is 8.43. The second kappa shape index (κ2) is 3.40. The van der Waals surface area contributed by atoms with Crippen molar-refractivity contribution in [2.75, 3.05) is 0 Å². The third kappa shape index (κ3) is 2.06. The van der Waals surface area contributed by atoms with E-state index in [1.54, 1.807) is 0 Å². The van der Waals surface area contributed by atoms with Crippen LogP contribution in [0.25, 0.3) is 0 Å². The van der Waals surface area contributed by atoms with Gasteiger partial charge in [0.2, 0.25) is 0 Å². The Morgan fingerprint density at radius 1 is 1.45 bits per heavy atom. The Hall–Kier alpha value is -0.300. The normalized spacial score (nSPS) is 31.3. The van der Waals surface area contributed by atoms with Gasteiger partial charge in [0.1, 0.15) is 0 Å². The molecule has 0 unspecified atom stereocenters. The molecule has 1 nitrogen and oxygen atoms in total.